The van der Waals surface area contributed by atoms with Gasteiger partial charge in [0.2, 0.25) is 0 Å². The minimum absolute atomic E-state index is 0.127. The fraction of sp³-hybridized carbons (Fsp3) is 0.231. The summed E-state index contributed by atoms with van der Waals surface area (Å²) < 4.78 is 57.7. The highest BCUT2D eigenvalue weighted by Gasteiger charge is 2.32. The van der Waals surface area contributed by atoms with Crippen molar-refractivity contribution in [2.75, 3.05) is 7.05 Å². The molecule has 1 atom stereocenters. The Hall–Kier alpha value is -1.34. The summed E-state index contributed by atoms with van der Waals surface area (Å²) in [5.41, 5.74) is -1.03. The van der Waals surface area contributed by atoms with Crippen molar-refractivity contribution in [3.8, 4) is 0 Å². The molecule has 0 radical (unpaired) electrons. The molecule has 108 valence electrons. The van der Waals surface area contributed by atoms with E-state index < -0.39 is 23.6 Å². The van der Waals surface area contributed by atoms with Gasteiger partial charge >= 0.3 is 6.18 Å². The number of hydrogen-bond donors (Lipinski definition) is 1. The molecule has 1 aromatic heterocycles. The number of hydrogen-bond acceptors (Lipinski definition) is 2. The SMILES string of the molecule is CNC(c1cc(C(F)(F)F)ccc1F)c1occc1Br. The molecule has 1 aromatic carbocycles. The highest BCUT2D eigenvalue weighted by atomic mass is 79.9. The maximum Gasteiger partial charge on any atom is 0.416 e. The quantitative estimate of drug-likeness (QED) is 0.823. The van der Waals surface area contributed by atoms with Gasteiger partial charge in [-0.2, -0.15) is 13.2 Å². The van der Waals surface area contributed by atoms with E-state index in [1.807, 2.05) is 0 Å². The Morgan fingerprint density at radius 1 is 1.25 bits per heavy atom. The molecular weight excluding hydrogens is 342 g/mol. The molecule has 0 bridgehead atoms. The second-order valence-corrected chi connectivity index (χ2v) is 4.94. The molecule has 1 N–H and O–H groups in total. The third-order valence-corrected chi connectivity index (χ3v) is 3.49. The average molecular weight is 352 g/mol. The van der Waals surface area contributed by atoms with Crippen LogP contribution in [0.5, 0.6) is 0 Å². The first-order chi connectivity index (χ1) is 9.34. The Balaban J connectivity index is 2.52. The van der Waals surface area contributed by atoms with Gasteiger partial charge in [-0.1, -0.05) is 0 Å². The largest absolute Gasteiger partial charge is 0.466 e. The molecule has 20 heavy (non-hydrogen) atoms. The molecule has 2 aromatic rings. The lowest BCUT2D eigenvalue weighted by Gasteiger charge is -2.17. The summed E-state index contributed by atoms with van der Waals surface area (Å²) in [5, 5.41) is 2.75. The van der Waals surface area contributed by atoms with E-state index >= 15 is 0 Å². The van der Waals surface area contributed by atoms with E-state index in [0.29, 0.717) is 16.3 Å². The van der Waals surface area contributed by atoms with Crippen LogP contribution in [-0.4, -0.2) is 7.05 Å². The number of halogens is 5. The van der Waals surface area contributed by atoms with E-state index in [9.17, 15) is 17.6 Å². The van der Waals surface area contributed by atoms with Gasteiger partial charge in [0.1, 0.15) is 11.6 Å². The van der Waals surface area contributed by atoms with Crippen LogP contribution in [0.1, 0.15) is 22.9 Å². The molecule has 0 amide bonds. The van der Waals surface area contributed by atoms with Crippen LogP contribution in [0.25, 0.3) is 0 Å². The normalized spacial score (nSPS) is 13.5. The second kappa shape index (κ2) is 5.57. The Morgan fingerprint density at radius 3 is 2.45 bits per heavy atom. The zero-order chi connectivity index (χ0) is 14.9. The van der Waals surface area contributed by atoms with Crippen LogP contribution in [0, 0.1) is 5.82 Å². The van der Waals surface area contributed by atoms with E-state index in [1.54, 1.807) is 6.07 Å². The summed E-state index contributed by atoms with van der Waals surface area (Å²) in [5.74, 6) is -0.425. The Kier molecular flexibility index (Phi) is 4.19. The number of benzene rings is 1. The minimum atomic E-state index is -4.53. The summed E-state index contributed by atoms with van der Waals surface area (Å²) in [4.78, 5) is 0. The second-order valence-electron chi connectivity index (χ2n) is 4.09. The van der Waals surface area contributed by atoms with Crippen LogP contribution >= 0.6 is 15.9 Å². The van der Waals surface area contributed by atoms with Gasteiger partial charge in [-0.3, -0.25) is 0 Å². The van der Waals surface area contributed by atoms with E-state index in [2.05, 4.69) is 21.2 Å². The first-order valence-electron chi connectivity index (χ1n) is 5.61. The molecule has 2 rings (SSSR count). The maximum atomic E-state index is 13.9. The van der Waals surface area contributed by atoms with E-state index in [-0.39, 0.29) is 5.56 Å². The Bertz CT molecular complexity index is 609. The van der Waals surface area contributed by atoms with Crippen LogP contribution in [0.15, 0.2) is 39.4 Å². The zero-order valence-corrected chi connectivity index (χ0v) is 11.8. The Morgan fingerprint density at radius 2 is 1.95 bits per heavy atom. The van der Waals surface area contributed by atoms with Crippen molar-refractivity contribution in [1.29, 1.82) is 0 Å². The summed E-state index contributed by atoms with van der Waals surface area (Å²) in [7, 11) is 1.51. The molecule has 0 aliphatic heterocycles. The zero-order valence-electron chi connectivity index (χ0n) is 10.3. The van der Waals surface area contributed by atoms with Gasteiger partial charge < -0.3 is 9.73 Å². The van der Waals surface area contributed by atoms with Gasteiger partial charge in [0.15, 0.2) is 0 Å². The molecule has 2 nitrogen and oxygen atoms in total. The van der Waals surface area contributed by atoms with Gasteiger partial charge in [-0.15, -0.1) is 0 Å². The average Bonchev–Trinajstić information content (AvgIpc) is 2.78. The van der Waals surface area contributed by atoms with Crippen LogP contribution in [0.2, 0.25) is 0 Å². The van der Waals surface area contributed by atoms with E-state index in [1.165, 1.54) is 13.3 Å². The summed E-state index contributed by atoms with van der Waals surface area (Å²) in [6.45, 7) is 0. The number of furan rings is 1. The predicted octanol–water partition coefficient (Wildman–Crippen LogP) is 4.51. The van der Waals surface area contributed by atoms with Crippen molar-refractivity contribution < 1.29 is 22.0 Å². The molecule has 0 aliphatic carbocycles. The molecule has 0 fully saturated rings. The topological polar surface area (TPSA) is 25.2 Å². The van der Waals surface area contributed by atoms with Gasteiger partial charge in [0.05, 0.1) is 22.3 Å². The van der Waals surface area contributed by atoms with Crippen LogP contribution in [0.3, 0.4) is 0 Å². The van der Waals surface area contributed by atoms with Gasteiger partial charge in [-0.25, -0.2) is 4.39 Å². The van der Waals surface area contributed by atoms with E-state index in [4.69, 9.17) is 4.42 Å². The molecule has 1 heterocycles. The van der Waals surface area contributed by atoms with Crippen LogP contribution < -0.4 is 5.32 Å². The first-order valence-corrected chi connectivity index (χ1v) is 6.40. The van der Waals surface area contributed by atoms with Gasteiger partial charge in [-0.05, 0) is 47.2 Å². The summed E-state index contributed by atoms with van der Waals surface area (Å²) >= 11 is 3.21. The van der Waals surface area contributed by atoms with Crippen molar-refractivity contribution in [2.24, 2.45) is 0 Å². The van der Waals surface area contributed by atoms with Crippen LogP contribution in [-0.2, 0) is 6.18 Å². The number of rotatable bonds is 3. The Labute approximate surface area is 120 Å². The molecule has 0 aliphatic rings. The fourth-order valence-corrected chi connectivity index (χ4v) is 2.31. The van der Waals surface area contributed by atoms with Gasteiger partial charge in [0.25, 0.3) is 0 Å². The highest BCUT2D eigenvalue weighted by molar-refractivity contribution is 9.10. The van der Waals surface area contributed by atoms with Crippen molar-refractivity contribution in [2.45, 2.75) is 12.2 Å². The van der Waals surface area contributed by atoms with Gasteiger partial charge in [0, 0.05) is 5.56 Å². The lowest BCUT2D eigenvalue weighted by atomic mass is 10.0. The molecular formula is C13H10BrF4NO. The lowest BCUT2D eigenvalue weighted by Crippen LogP contribution is -2.20. The van der Waals surface area contributed by atoms with E-state index in [0.717, 1.165) is 12.1 Å². The third-order valence-electron chi connectivity index (χ3n) is 2.83. The summed E-state index contributed by atoms with van der Waals surface area (Å²) in [6.07, 6.45) is -3.16. The molecule has 7 heteroatoms. The van der Waals surface area contributed by atoms with Crippen molar-refractivity contribution in [3.63, 3.8) is 0 Å². The predicted molar refractivity (Wildman–Crippen MR) is 68.7 cm³/mol. The number of alkyl halides is 3. The minimum Gasteiger partial charge on any atom is -0.466 e. The van der Waals surface area contributed by atoms with Crippen LogP contribution in [0.4, 0.5) is 17.6 Å². The first kappa shape index (κ1) is 15.1. The molecule has 1 unspecified atom stereocenters. The standard InChI is InChI=1S/C13H10BrF4NO/c1-19-11(12-9(14)4-5-20-12)8-6-7(13(16,17)18)2-3-10(8)15/h2-6,11,19H,1H3. The van der Waals surface area contributed by atoms with Crippen molar-refractivity contribution >= 4 is 15.9 Å². The lowest BCUT2D eigenvalue weighted by molar-refractivity contribution is -0.137. The molecule has 0 saturated carbocycles. The third kappa shape index (κ3) is 2.88. The fourth-order valence-electron chi connectivity index (χ4n) is 1.88. The smallest absolute Gasteiger partial charge is 0.416 e. The molecule has 0 spiro atoms. The highest BCUT2D eigenvalue weighted by Crippen LogP contribution is 2.35. The van der Waals surface area contributed by atoms with Crippen molar-refractivity contribution in [1.82, 2.24) is 5.32 Å². The summed E-state index contributed by atoms with van der Waals surface area (Å²) in [6, 6.07) is 3.07. The maximum absolute atomic E-state index is 13.9. The van der Waals surface area contributed by atoms with Crippen molar-refractivity contribution in [3.05, 3.63) is 57.7 Å². The number of nitrogens with one attached hydrogen (secondary N) is 1. The molecule has 0 saturated heterocycles. The monoisotopic (exact) mass is 351 g/mol.